The van der Waals surface area contributed by atoms with E-state index in [1.165, 1.54) is 12.0 Å². The Morgan fingerprint density at radius 3 is 2.47 bits per heavy atom. The molecule has 1 heterocycles. The molecule has 0 radical (unpaired) electrons. The molecule has 1 fully saturated rings. The van der Waals surface area contributed by atoms with E-state index in [1.807, 2.05) is 0 Å². The maximum atomic E-state index is 11.3. The Labute approximate surface area is 106 Å². The average Bonchev–Trinajstić information content (AvgIpc) is 2.39. The van der Waals surface area contributed by atoms with Gasteiger partial charge < -0.3 is 4.90 Å². The predicted molar refractivity (Wildman–Crippen MR) is 73.8 cm³/mol. The Kier molecular flexibility index (Phi) is 4.75. The van der Waals surface area contributed by atoms with Gasteiger partial charge in [-0.1, -0.05) is 37.3 Å². The molecule has 0 bridgehead atoms. The summed E-state index contributed by atoms with van der Waals surface area (Å²) in [7, 11) is -0.564. The van der Waals surface area contributed by atoms with Gasteiger partial charge in [0.15, 0.2) is 0 Å². The van der Waals surface area contributed by atoms with E-state index in [-0.39, 0.29) is 0 Å². The lowest BCUT2D eigenvalue weighted by Crippen LogP contribution is -2.39. The predicted octanol–water partition coefficient (Wildman–Crippen LogP) is 2.24. The van der Waals surface area contributed by atoms with E-state index in [2.05, 4.69) is 42.2 Å². The second kappa shape index (κ2) is 6.31. The van der Waals surface area contributed by atoms with Crippen molar-refractivity contribution in [3.63, 3.8) is 0 Å². The Balaban J connectivity index is 1.94. The summed E-state index contributed by atoms with van der Waals surface area (Å²) in [5.41, 5.74) is 1.43. The summed E-state index contributed by atoms with van der Waals surface area (Å²) in [6.07, 6.45) is 1.17. The fourth-order valence-corrected chi connectivity index (χ4v) is 3.49. The van der Waals surface area contributed by atoms with Crippen LogP contribution in [-0.2, 0) is 10.8 Å². The first-order chi connectivity index (χ1) is 8.29. The molecular formula is C14H21NOS. The Morgan fingerprint density at radius 1 is 1.24 bits per heavy atom. The average molecular weight is 251 g/mol. The molecule has 0 aliphatic carbocycles. The Hall–Kier alpha value is -0.670. The van der Waals surface area contributed by atoms with Gasteiger partial charge in [0, 0.05) is 41.9 Å². The zero-order valence-electron chi connectivity index (χ0n) is 10.5. The van der Waals surface area contributed by atoms with E-state index in [0.717, 1.165) is 31.1 Å². The van der Waals surface area contributed by atoms with E-state index in [0.29, 0.717) is 5.92 Å². The number of nitrogens with zero attached hydrogens (tertiary/aromatic N) is 1. The number of rotatable bonds is 4. The number of benzene rings is 1. The van der Waals surface area contributed by atoms with E-state index in [4.69, 9.17) is 0 Å². The van der Waals surface area contributed by atoms with E-state index in [9.17, 15) is 4.21 Å². The maximum absolute atomic E-state index is 11.3. The third kappa shape index (κ3) is 3.65. The highest BCUT2D eigenvalue weighted by Crippen LogP contribution is 2.21. The first-order valence-corrected chi connectivity index (χ1v) is 7.90. The molecule has 0 amide bonds. The van der Waals surface area contributed by atoms with Crippen molar-refractivity contribution in [3.8, 4) is 0 Å². The molecule has 2 nitrogen and oxygen atoms in total. The lowest BCUT2D eigenvalue weighted by atomic mass is 9.96. The molecule has 17 heavy (non-hydrogen) atoms. The third-order valence-corrected chi connectivity index (χ3v) is 4.79. The second-order valence-electron chi connectivity index (χ2n) is 4.66. The van der Waals surface area contributed by atoms with Gasteiger partial charge in [0.05, 0.1) is 0 Å². The smallest absolute Gasteiger partial charge is 0.0363 e. The van der Waals surface area contributed by atoms with Gasteiger partial charge >= 0.3 is 0 Å². The van der Waals surface area contributed by atoms with Gasteiger partial charge in [0.25, 0.3) is 0 Å². The van der Waals surface area contributed by atoms with E-state index >= 15 is 0 Å². The standard InChI is InChI=1S/C14H21NOS/c1-2-13(14-6-4-3-5-7-14)12-15-8-10-17(16)11-9-15/h3-7,13H,2,8-12H2,1H3. The summed E-state index contributed by atoms with van der Waals surface area (Å²) in [6.45, 7) is 5.35. The van der Waals surface area contributed by atoms with E-state index in [1.54, 1.807) is 0 Å². The fourth-order valence-electron chi connectivity index (χ4n) is 2.37. The minimum absolute atomic E-state index is 0.564. The molecule has 1 saturated heterocycles. The zero-order valence-corrected chi connectivity index (χ0v) is 11.3. The molecule has 0 spiro atoms. The van der Waals surface area contributed by atoms with Crippen molar-refractivity contribution in [1.82, 2.24) is 4.90 Å². The Bertz CT molecular complexity index is 356. The van der Waals surface area contributed by atoms with Crippen LogP contribution >= 0.6 is 0 Å². The molecule has 1 unspecified atom stereocenters. The molecule has 1 aliphatic heterocycles. The highest BCUT2D eigenvalue weighted by Gasteiger charge is 2.19. The van der Waals surface area contributed by atoms with Crippen LogP contribution in [0.3, 0.4) is 0 Å². The topological polar surface area (TPSA) is 20.3 Å². The molecule has 1 aromatic rings. The maximum Gasteiger partial charge on any atom is 0.0363 e. The number of hydrogen-bond acceptors (Lipinski definition) is 2. The van der Waals surface area contributed by atoms with Crippen molar-refractivity contribution in [3.05, 3.63) is 35.9 Å². The highest BCUT2D eigenvalue weighted by atomic mass is 32.2. The first-order valence-electron chi connectivity index (χ1n) is 6.42. The summed E-state index contributed by atoms with van der Waals surface area (Å²) in [4.78, 5) is 2.46. The van der Waals surface area contributed by atoms with Crippen LogP contribution in [-0.4, -0.2) is 40.2 Å². The van der Waals surface area contributed by atoms with Gasteiger partial charge in [0.2, 0.25) is 0 Å². The molecule has 1 aromatic carbocycles. The normalized spacial score (nSPS) is 20.3. The highest BCUT2D eigenvalue weighted by molar-refractivity contribution is 7.85. The van der Waals surface area contributed by atoms with Gasteiger partial charge in [0.1, 0.15) is 0 Å². The van der Waals surface area contributed by atoms with Crippen molar-refractivity contribution < 1.29 is 4.21 Å². The molecule has 94 valence electrons. The van der Waals surface area contributed by atoms with Crippen molar-refractivity contribution >= 4 is 10.8 Å². The van der Waals surface area contributed by atoms with Crippen LogP contribution in [0, 0.1) is 0 Å². The molecule has 0 aromatic heterocycles. The van der Waals surface area contributed by atoms with Gasteiger partial charge in [-0.25, -0.2) is 0 Å². The van der Waals surface area contributed by atoms with Crippen molar-refractivity contribution in [2.24, 2.45) is 0 Å². The lowest BCUT2D eigenvalue weighted by molar-refractivity contribution is 0.276. The van der Waals surface area contributed by atoms with Crippen LogP contribution < -0.4 is 0 Å². The zero-order chi connectivity index (χ0) is 12.1. The van der Waals surface area contributed by atoms with Crippen molar-refractivity contribution in [2.45, 2.75) is 19.3 Å². The molecule has 2 rings (SSSR count). The van der Waals surface area contributed by atoms with Gasteiger partial charge in [-0.05, 0) is 17.9 Å². The first kappa shape index (κ1) is 12.8. The van der Waals surface area contributed by atoms with Gasteiger partial charge in [-0.3, -0.25) is 4.21 Å². The fraction of sp³-hybridized carbons (Fsp3) is 0.571. The van der Waals surface area contributed by atoms with Crippen molar-refractivity contribution in [1.29, 1.82) is 0 Å². The molecular weight excluding hydrogens is 230 g/mol. The van der Waals surface area contributed by atoms with Crippen LogP contribution in [0.1, 0.15) is 24.8 Å². The summed E-state index contributed by atoms with van der Waals surface area (Å²) in [6, 6.07) is 10.7. The van der Waals surface area contributed by atoms with Crippen molar-refractivity contribution in [2.75, 3.05) is 31.1 Å². The minimum Gasteiger partial charge on any atom is -0.301 e. The Morgan fingerprint density at radius 2 is 1.88 bits per heavy atom. The van der Waals surface area contributed by atoms with Gasteiger partial charge in [-0.2, -0.15) is 0 Å². The molecule has 0 N–H and O–H groups in total. The largest absolute Gasteiger partial charge is 0.301 e. The van der Waals surface area contributed by atoms with Crippen LogP contribution in [0.5, 0.6) is 0 Å². The monoisotopic (exact) mass is 251 g/mol. The quantitative estimate of drug-likeness (QED) is 0.818. The summed E-state index contributed by atoms with van der Waals surface area (Å²) >= 11 is 0. The van der Waals surface area contributed by atoms with Crippen LogP contribution in [0.15, 0.2) is 30.3 Å². The van der Waals surface area contributed by atoms with Crippen LogP contribution in [0.4, 0.5) is 0 Å². The summed E-state index contributed by atoms with van der Waals surface area (Å²) in [5, 5.41) is 0. The minimum atomic E-state index is -0.564. The van der Waals surface area contributed by atoms with Gasteiger partial charge in [-0.15, -0.1) is 0 Å². The second-order valence-corrected chi connectivity index (χ2v) is 6.36. The van der Waals surface area contributed by atoms with Crippen LogP contribution in [0.25, 0.3) is 0 Å². The summed E-state index contributed by atoms with van der Waals surface area (Å²) in [5.74, 6) is 2.32. The lowest BCUT2D eigenvalue weighted by Gasteiger charge is -2.30. The molecule has 3 heteroatoms. The molecule has 1 aliphatic rings. The SMILES string of the molecule is CCC(CN1CCS(=O)CC1)c1ccccc1. The van der Waals surface area contributed by atoms with Crippen LogP contribution in [0.2, 0.25) is 0 Å². The third-order valence-electron chi connectivity index (χ3n) is 3.51. The molecule has 0 saturated carbocycles. The number of hydrogen-bond donors (Lipinski definition) is 0. The summed E-state index contributed by atoms with van der Waals surface area (Å²) < 4.78 is 11.3. The van der Waals surface area contributed by atoms with E-state index < -0.39 is 10.8 Å². The molecule has 1 atom stereocenters.